The molecule has 3 aromatic rings. The number of nitrogens with one attached hydrogen (secondary N) is 1. The molecule has 4 nitrogen and oxygen atoms in total. The second kappa shape index (κ2) is 7.98. The fraction of sp³-hybridized carbons (Fsp3) is 0.0625. The molecular weight excluding hydrogens is 385 g/mol. The summed E-state index contributed by atoms with van der Waals surface area (Å²) in [7, 11) is 0. The molecule has 0 aliphatic heterocycles. The normalized spacial score (nSPS) is 10.6. The van der Waals surface area contributed by atoms with Crippen molar-refractivity contribution >= 4 is 57.3 Å². The zero-order valence-corrected chi connectivity index (χ0v) is 15.3. The van der Waals surface area contributed by atoms with Crippen LogP contribution in [0.1, 0.15) is 15.9 Å². The van der Waals surface area contributed by atoms with Gasteiger partial charge in [-0.15, -0.1) is 10.2 Å². The molecule has 8 heteroatoms. The monoisotopic (exact) mass is 395 g/mol. The molecule has 1 aromatic heterocycles. The summed E-state index contributed by atoms with van der Waals surface area (Å²) >= 11 is 14.9. The molecule has 1 heterocycles. The van der Waals surface area contributed by atoms with Crippen LogP contribution < -0.4 is 5.32 Å². The van der Waals surface area contributed by atoms with Gasteiger partial charge >= 0.3 is 0 Å². The maximum absolute atomic E-state index is 12.3. The Kier molecular flexibility index (Phi) is 5.73. The number of amides is 1. The van der Waals surface area contributed by atoms with Crippen LogP contribution in [0, 0.1) is 0 Å². The Labute approximate surface area is 157 Å². The molecule has 0 saturated heterocycles. The van der Waals surface area contributed by atoms with E-state index in [9.17, 15) is 4.79 Å². The number of benzene rings is 2. The number of thioether (sulfide) groups is 1. The smallest absolute Gasteiger partial charge is 0.260 e. The number of carbonyl (C=O) groups is 1. The second-order valence-corrected chi connectivity index (χ2v) is 7.71. The van der Waals surface area contributed by atoms with E-state index in [1.54, 1.807) is 30.0 Å². The number of hydrogen-bond donors (Lipinski definition) is 1. The third-order valence-electron chi connectivity index (χ3n) is 3.02. The maximum atomic E-state index is 12.3. The fourth-order valence-electron chi connectivity index (χ4n) is 1.91. The van der Waals surface area contributed by atoms with Crippen molar-refractivity contribution in [2.75, 3.05) is 5.32 Å². The topological polar surface area (TPSA) is 54.9 Å². The van der Waals surface area contributed by atoms with Crippen LogP contribution >= 0.6 is 46.3 Å². The van der Waals surface area contributed by atoms with Gasteiger partial charge in [0, 0.05) is 5.75 Å². The van der Waals surface area contributed by atoms with Crippen LogP contribution in [0.3, 0.4) is 0 Å². The van der Waals surface area contributed by atoms with E-state index < -0.39 is 5.91 Å². The van der Waals surface area contributed by atoms with Gasteiger partial charge in [-0.2, -0.15) is 0 Å². The van der Waals surface area contributed by atoms with Gasteiger partial charge < -0.3 is 0 Å². The molecule has 1 amide bonds. The Balaban J connectivity index is 1.64. The van der Waals surface area contributed by atoms with Crippen LogP contribution in [0.25, 0.3) is 0 Å². The third kappa shape index (κ3) is 4.27. The zero-order chi connectivity index (χ0) is 16.9. The van der Waals surface area contributed by atoms with Crippen molar-refractivity contribution in [3.63, 3.8) is 0 Å². The largest absolute Gasteiger partial charge is 0.296 e. The molecule has 3 rings (SSSR count). The maximum Gasteiger partial charge on any atom is 0.260 e. The molecule has 0 spiro atoms. The molecule has 0 radical (unpaired) electrons. The predicted molar refractivity (Wildman–Crippen MR) is 100 cm³/mol. The Bertz CT molecular complexity index is 835. The lowest BCUT2D eigenvalue weighted by Gasteiger charge is -2.05. The summed E-state index contributed by atoms with van der Waals surface area (Å²) in [6.45, 7) is 0. The molecule has 1 N–H and O–H groups in total. The molecule has 122 valence electrons. The van der Waals surface area contributed by atoms with Crippen LogP contribution in [-0.2, 0) is 5.75 Å². The summed E-state index contributed by atoms with van der Waals surface area (Å²) < 4.78 is 0.777. The van der Waals surface area contributed by atoms with Gasteiger partial charge in [-0.25, -0.2) is 0 Å². The van der Waals surface area contributed by atoms with Gasteiger partial charge in [-0.05, 0) is 17.7 Å². The number of anilines is 1. The molecule has 0 bridgehead atoms. The molecular formula is C16H11Cl2N3OS2. The minimum absolute atomic E-state index is 0.231. The van der Waals surface area contributed by atoms with E-state index in [0.29, 0.717) is 15.2 Å². The highest BCUT2D eigenvalue weighted by atomic mass is 35.5. The minimum atomic E-state index is -0.402. The SMILES string of the molecule is O=C(Nc1nnc(SCc2ccccc2)s1)c1c(Cl)cccc1Cl. The first-order valence-corrected chi connectivity index (χ1v) is 9.45. The van der Waals surface area contributed by atoms with Gasteiger partial charge in [-0.1, -0.05) is 82.7 Å². The van der Waals surface area contributed by atoms with Crippen LogP contribution in [-0.4, -0.2) is 16.1 Å². The van der Waals surface area contributed by atoms with E-state index in [1.165, 1.54) is 16.9 Å². The average Bonchev–Trinajstić information content (AvgIpc) is 3.01. The highest BCUT2D eigenvalue weighted by molar-refractivity contribution is 8.00. The lowest BCUT2D eigenvalue weighted by molar-refractivity contribution is 0.102. The molecule has 0 fully saturated rings. The average molecular weight is 396 g/mol. The summed E-state index contributed by atoms with van der Waals surface area (Å²) in [5.41, 5.74) is 1.43. The first-order valence-electron chi connectivity index (χ1n) is 6.89. The van der Waals surface area contributed by atoms with Gasteiger partial charge in [0.05, 0.1) is 15.6 Å². The van der Waals surface area contributed by atoms with Crippen molar-refractivity contribution in [2.45, 2.75) is 10.1 Å². The third-order valence-corrected chi connectivity index (χ3v) is 5.69. The van der Waals surface area contributed by atoms with Gasteiger partial charge in [-0.3, -0.25) is 10.1 Å². The summed E-state index contributed by atoms with van der Waals surface area (Å²) in [6, 6.07) is 15.0. The van der Waals surface area contributed by atoms with Gasteiger partial charge in [0.2, 0.25) is 5.13 Å². The van der Waals surface area contributed by atoms with E-state index in [4.69, 9.17) is 23.2 Å². The fourth-order valence-corrected chi connectivity index (χ4v) is 4.18. The Morgan fingerprint density at radius 1 is 1.04 bits per heavy atom. The number of hydrogen-bond acceptors (Lipinski definition) is 5. The van der Waals surface area contributed by atoms with Crippen LogP contribution in [0.2, 0.25) is 10.0 Å². The number of carbonyl (C=O) groups excluding carboxylic acids is 1. The van der Waals surface area contributed by atoms with E-state index >= 15 is 0 Å². The van der Waals surface area contributed by atoms with Gasteiger partial charge in [0.15, 0.2) is 4.34 Å². The van der Waals surface area contributed by atoms with Crippen molar-refractivity contribution in [1.29, 1.82) is 0 Å². The molecule has 24 heavy (non-hydrogen) atoms. The molecule has 2 aromatic carbocycles. The molecule has 0 aliphatic rings. The lowest BCUT2D eigenvalue weighted by Crippen LogP contribution is -2.12. The van der Waals surface area contributed by atoms with Crippen molar-refractivity contribution < 1.29 is 4.79 Å². The van der Waals surface area contributed by atoms with Gasteiger partial charge in [0.25, 0.3) is 5.91 Å². The number of rotatable bonds is 5. The van der Waals surface area contributed by atoms with E-state index in [2.05, 4.69) is 27.6 Å². The number of halogens is 2. The molecule has 0 unspecified atom stereocenters. The number of aromatic nitrogens is 2. The summed E-state index contributed by atoms with van der Waals surface area (Å²) in [5.74, 6) is 0.390. The van der Waals surface area contributed by atoms with Crippen molar-refractivity contribution in [2.24, 2.45) is 0 Å². The first-order chi connectivity index (χ1) is 11.6. The quantitative estimate of drug-likeness (QED) is 0.464. The van der Waals surface area contributed by atoms with E-state index in [-0.39, 0.29) is 5.56 Å². The highest BCUT2D eigenvalue weighted by Crippen LogP contribution is 2.30. The zero-order valence-electron chi connectivity index (χ0n) is 12.2. The van der Waals surface area contributed by atoms with Crippen LogP contribution in [0.15, 0.2) is 52.9 Å². The van der Waals surface area contributed by atoms with Crippen molar-refractivity contribution in [3.05, 3.63) is 69.7 Å². The van der Waals surface area contributed by atoms with E-state index in [0.717, 1.165) is 10.1 Å². The Morgan fingerprint density at radius 3 is 2.46 bits per heavy atom. The minimum Gasteiger partial charge on any atom is -0.296 e. The number of nitrogens with zero attached hydrogens (tertiary/aromatic N) is 2. The first kappa shape index (κ1) is 17.2. The summed E-state index contributed by atoms with van der Waals surface area (Å²) in [4.78, 5) is 12.3. The molecule has 0 atom stereocenters. The molecule has 0 aliphatic carbocycles. The highest BCUT2D eigenvalue weighted by Gasteiger charge is 2.16. The van der Waals surface area contributed by atoms with Crippen LogP contribution in [0.4, 0.5) is 5.13 Å². The van der Waals surface area contributed by atoms with Gasteiger partial charge in [0.1, 0.15) is 0 Å². The van der Waals surface area contributed by atoms with Crippen molar-refractivity contribution in [1.82, 2.24) is 10.2 Å². The summed E-state index contributed by atoms with van der Waals surface area (Å²) in [5, 5.41) is 11.7. The summed E-state index contributed by atoms with van der Waals surface area (Å²) in [6.07, 6.45) is 0. The predicted octanol–water partition coefficient (Wildman–Crippen LogP) is 5.39. The Morgan fingerprint density at radius 2 is 1.75 bits per heavy atom. The lowest BCUT2D eigenvalue weighted by atomic mass is 10.2. The molecule has 0 saturated carbocycles. The van der Waals surface area contributed by atoms with Crippen LogP contribution in [0.5, 0.6) is 0 Å². The Hall–Kier alpha value is -1.60. The van der Waals surface area contributed by atoms with Crippen molar-refractivity contribution in [3.8, 4) is 0 Å². The van der Waals surface area contributed by atoms with E-state index in [1.807, 2.05) is 18.2 Å². The standard InChI is InChI=1S/C16H11Cl2N3OS2/c17-11-7-4-8-12(18)13(11)14(22)19-15-20-21-16(24-15)23-9-10-5-2-1-3-6-10/h1-8H,9H2,(H,19,20,22). The second-order valence-electron chi connectivity index (χ2n) is 4.70.